The van der Waals surface area contributed by atoms with Gasteiger partial charge in [0.2, 0.25) is 5.91 Å². The van der Waals surface area contributed by atoms with Crippen LogP contribution in [0.15, 0.2) is 95.2 Å². The van der Waals surface area contributed by atoms with Crippen LogP contribution in [0.5, 0.6) is 0 Å². The standard InChI is InChI=1S/C31H30N2O9S5/c1-19(41-46(3,36)37)27(31(35)40-28(21-12-7-5-8-13-21)22-14-9-6-10-15-22)33-18-25(30(33)34)45-44-24-17-11-16-23-26(24)32-29(43-23)20(2)42-47(4,38)39/h5-17,20,25,28H,18H2,1-4H3/t20-,25+/m1/s1. The van der Waals surface area contributed by atoms with Gasteiger partial charge in [0.05, 0.1) is 22.7 Å². The van der Waals surface area contributed by atoms with Gasteiger partial charge >= 0.3 is 16.1 Å². The van der Waals surface area contributed by atoms with Crippen LogP contribution >= 0.6 is 32.9 Å². The number of esters is 1. The number of nitrogens with zero attached hydrogens (tertiary/aromatic N) is 2. The molecule has 2 atom stereocenters. The molecule has 47 heavy (non-hydrogen) atoms. The van der Waals surface area contributed by atoms with Crippen LogP contribution in [-0.2, 0) is 42.9 Å². The van der Waals surface area contributed by atoms with E-state index < -0.39 is 49.6 Å². The van der Waals surface area contributed by atoms with Crippen LogP contribution in [-0.4, -0.2) is 62.9 Å². The summed E-state index contributed by atoms with van der Waals surface area (Å²) in [5.74, 6) is -1.63. The number of aromatic nitrogens is 1. The van der Waals surface area contributed by atoms with Gasteiger partial charge in [-0.1, -0.05) is 88.3 Å². The predicted octanol–water partition coefficient (Wildman–Crippen LogP) is 5.83. The molecule has 1 aromatic heterocycles. The number of thiazole rings is 1. The molecule has 0 N–H and O–H groups in total. The van der Waals surface area contributed by atoms with Crippen molar-refractivity contribution in [3.63, 3.8) is 0 Å². The molecule has 5 rings (SSSR count). The van der Waals surface area contributed by atoms with Crippen LogP contribution in [0.1, 0.15) is 42.2 Å². The highest BCUT2D eigenvalue weighted by Gasteiger charge is 2.44. The number of rotatable bonds is 13. The Hall–Kier alpha value is -3.41. The molecule has 3 aromatic carbocycles. The number of β-lactam (4-membered cyclic amide) rings is 1. The fourth-order valence-corrected chi connectivity index (χ4v) is 9.47. The van der Waals surface area contributed by atoms with E-state index in [1.165, 1.54) is 44.7 Å². The summed E-state index contributed by atoms with van der Waals surface area (Å²) in [6.07, 6.45) is 0.229. The Morgan fingerprint density at radius 1 is 0.936 bits per heavy atom. The summed E-state index contributed by atoms with van der Waals surface area (Å²) in [6.45, 7) is 2.99. The predicted molar refractivity (Wildman–Crippen MR) is 182 cm³/mol. The molecule has 248 valence electrons. The number of ether oxygens (including phenoxy) is 1. The van der Waals surface area contributed by atoms with Gasteiger partial charge in [0.15, 0.2) is 11.8 Å². The van der Waals surface area contributed by atoms with E-state index in [-0.39, 0.29) is 18.0 Å². The van der Waals surface area contributed by atoms with Gasteiger partial charge in [0.1, 0.15) is 22.1 Å². The van der Waals surface area contributed by atoms with E-state index >= 15 is 0 Å². The lowest BCUT2D eigenvalue weighted by Crippen LogP contribution is -2.55. The number of para-hydroxylation sites is 1. The molecule has 0 unspecified atom stereocenters. The normalized spacial score (nSPS) is 16.5. The maximum atomic E-state index is 13.8. The maximum absolute atomic E-state index is 13.8. The zero-order valence-electron chi connectivity index (χ0n) is 25.6. The molecule has 1 amide bonds. The number of benzene rings is 3. The molecule has 0 radical (unpaired) electrons. The lowest BCUT2D eigenvalue weighted by atomic mass is 10.0. The molecule has 2 heterocycles. The van der Waals surface area contributed by atoms with Crippen molar-refractivity contribution in [3.8, 4) is 0 Å². The SMILES string of the molecule is CC(OS(C)(=O)=O)=C(C(=O)OC(c1ccccc1)c1ccccc1)N1C[C@H](SSc2cccc3sc([C@@H](C)OS(C)(=O)=O)nc23)C1=O. The van der Waals surface area contributed by atoms with Crippen LogP contribution in [0.4, 0.5) is 0 Å². The molecular weight excluding hydrogens is 705 g/mol. The topological polar surface area (TPSA) is 146 Å². The molecule has 4 aromatic rings. The number of likely N-dealkylation sites (tertiary alicyclic amines) is 1. The quantitative estimate of drug-likeness (QED) is 0.0407. The number of carbonyl (C=O) groups excluding carboxylic acids is 2. The summed E-state index contributed by atoms with van der Waals surface area (Å²) in [4.78, 5) is 33.8. The summed E-state index contributed by atoms with van der Waals surface area (Å²) >= 11 is 1.31. The molecular formula is C31H30N2O9S5. The first kappa shape index (κ1) is 34.9. The highest BCUT2D eigenvalue weighted by atomic mass is 33.1. The minimum absolute atomic E-state index is 0.0876. The first-order valence-electron chi connectivity index (χ1n) is 14.0. The molecule has 11 nitrogen and oxygen atoms in total. The molecule has 16 heteroatoms. The number of allylic oxidation sites excluding steroid dienone is 1. The highest BCUT2D eigenvalue weighted by molar-refractivity contribution is 8.77. The molecule has 0 bridgehead atoms. The molecule has 1 saturated heterocycles. The summed E-state index contributed by atoms with van der Waals surface area (Å²) in [5.41, 5.74) is 1.71. The molecule has 1 fully saturated rings. The Kier molecular flexibility index (Phi) is 10.7. The second kappa shape index (κ2) is 14.4. The first-order valence-corrected chi connectivity index (χ1v) is 20.7. The van der Waals surface area contributed by atoms with Crippen LogP contribution in [0, 0.1) is 0 Å². The number of carbonyl (C=O) groups is 2. The second-order valence-corrected chi connectivity index (χ2v) is 17.2. The Bertz CT molecular complexity index is 1990. The van der Waals surface area contributed by atoms with Gasteiger partial charge in [-0.15, -0.1) is 11.3 Å². The van der Waals surface area contributed by atoms with E-state index in [0.717, 1.165) is 22.1 Å². The lowest BCUT2D eigenvalue weighted by molar-refractivity contribution is -0.150. The van der Waals surface area contributed by atoms with Crippen molar-refractivity contribution in [1.29, 1.82) is 0 Å². The van der Waals surface area contributed by atoms with Crippen molar-refractivity contribution in [2.45, 2.75) is 36.2 Å². The third kappa shape index (κ3) is 8.74. The van der Waals surface area contributed by atoms with Gasteiger partial charge in [-0.2, -0.15) is 16.8 Å². The average Bonchev–Trinajstić information content (AvgIpc) is 3.46. The minimum atomic E-state index is -4.03. The number of hydrogen-bond acceptors (Lipinski definition) is 13. The van der Waals surface area contributed by atoms with Gasteiger partial charge in [0, 0.05) is 11.4 Å². The third-order valence-electron chi connectivity index (χ3n) is 6.71. The van der Waals surface area contributed by atoms with Crippen LogP contribution < -0.4 is 0 Å². The lowest BCUT2D eigenvalue weighted by Gasteiger charge is -2.38. The van der Waals surface area contributed by atoms with E-state index in [0.29, 0.717) is 21.7 Å². The molecule has 1 aliphatic heterocycles. The second-order valence-electron chi connectivity index (χ2n) is 10.5. The van der Waals surface area contributed by atoms with E-state index in [1.807, 2.05) is 54.6 Å². The molecule has 0 aliphatic carbocycles. The van der Waals surface area contributed by atoms with Crippen molar-refractivity contribution in [3.05, 3.63) is 106 Å². The Labute approximate surface area is 285 Å². The van der Waals surface area contributed by atoms with Crippen molar-refractivity contribution in [2.24, 2.45) is 0 Å². The average molecular weight is 735 g/mol. The van der Waals surface area contributed by atoms with E-state index in [1.54, 1.807) is 31.2 Å². The highest BCUT2D eigenvalue weighted by Crippen LogP contribution is 2.44. The Morgan fingerprint density at radius 3 is 2.11 bits per heavy atom. The van der Waals surface area contributed by atoms with E-state index in [2.05, 4.69) is 4.98 Å². The zero-order valence-corrected chi connectivity index (χ0v) is 29.6. The fraction of sp³-hybridized carbons (Fsp3) is 0.258. The van der Waals surface area contributed by atoms with Crippen molar-refractivity contribution in [2.75, 3.05) is 19.1 Å². The largest absolute Gasteiger partial charge is 0.448 e. The monoisotopic (exact) mass is 734 g/mol. The van der Waals surface area contributed by atoms with Gasteiger partial charge < -0.3 is 13.8 Å². The minimum Gasteiger partial charge on any atom is -0.448 e. The van der Waals surface area contributed by atoms with Crippen LogP contribution in [0.3, 0.4) is 0 Å². The maximum Gasteiger partial charge on any atom is 0.359 e. The van der Waals surface area contributed by atoms with Gasteiger partial charge in [-0.3, -0.25) is 8.98 Å². The number of hydrogen-bond donors (Lipinski definition) is 0. The van der Waals surface area contributed by atoms with Crippen molar-refractivity contribution < 1.29 is 39.5 Å². The van der Waals surface area contributed by atoms with Crippen LogP contribution in [0.25, 0.3) is 10.2 Å². The van der Waals surface area contributed by atoms with Crippen molar-refractivity contribution >= 4 is 75.3 Å². The van der Waals surface area contributed by atoms with Gasteiger partial charge in [-0.05, 0) is 37.1 Å². The van der Waals surface area contributed by atoms with Crippen molar-refractivity contribution in [1.82, 2.24) is 9.88 Å². The summed E-state index contributed by atoms with van der Waals surface area (Å²) in [5, 5.41) is -0.0814. The summed E-state index contributed by atoms with van der Waals surface area (Å²) < 4.78 is 64.2. The Balaban J connectivity index is 1.35. The fourth-order valence-electron chi connectivity index (χ4n) is 4.72. The molecule has 0 saturated carbocycles. The summed E-state index contributed by atoms with van der Waals surface area (Å²) in [7, 11) is -5.12. The van der Waals surface area contributed by atoms with Gasteiger partial charge in [-0.25, -0.2) is 9.78 Å². The molecule has 0 spiro atoms. The number of amides is 1. The third-order valence-corrected chi connectivity index (χ3v) is 11.8. The first-order chi connectivity index (χ1) is 22.2. The Morgan fingerprint density at radius 2 is 1.55 bits per heavy atom. The molecule has 1 aliphatic rings. The van der Waals surface area contributed by atoms with Crippen LogP contribution in [0.2, 0.25) is 0 Å². The summed E-state index contributed by atoms with van der Waals surface area (Å²) in [6, 6.07) is 23.7. The van der Waals surface area contributed by atoms with E-state index in [9.17, 15) is 26.4 Å². The van der Waals surface area contributed by atoms with E-state index in [4.69, 9.17) is 13.1 Å². The van der Waals surface area contributed by atoms with Gasteiger partial charge in [0.25, 0.3) is 10.1 Å². The number of fused-ring (bicyclic) bond motifs is 1. The zero-order chi connectivity index (χ0) is 33.9. The smallest absolute Gasteiger partial charge is 0.359 e.